The van der Waals surface area contributed by atoms with Crippen LogP contribution in [-0.4, -0.2) is 30.7 Å². The van der Waals surface area contributed by atoms with Gasteiger partial charge in [0.1, 0.15) is 0 Å². The Balaban J connectivity index is 2.52. The molecule has 0 aromatic carbocycles. The van der Waals surface area contributed by atoms with Crippen molar-refractivity contribution in [3.63, 3.8) is 0 Å². The Labute approximate surface area is 83.7 Å². The van der Waals surface area contributed by atoms with Crippen molar-refractivity contribution in [3.05, 3.63) is 0 Å². The molecule has 0 aromatic rings. The van der Waals surface area contributed by atoms with Crippen molar-refractivity contribution in [2.24, 2.45) is 11.8 Å². The van der Waals surface area contributed by atoms with Crippen LogP contribution in [-0.2, 0) is 0 Å². The molecule has 13 heavy (non-hydrogen) atoms. The highest BCUT2D eigenvalue weighted by molar-refractivity contribution is 4.58. The van der Waals surface area contributed by atoms with Gasteiger partial charge in [-0.3, -0.25) is 0 Å². The molecule has 0 saturated carbocycles. The highest BCUT2D eigenvalue weighted by atomic mass is 15.4. The van der Waals surface area contributed by atoms with E-state index in [0.717, 1.165) is 11.8 Å². The predicted octanol–water partition coefficient (Wildman–Crippen LogP) is 2.91. The SMILES string of the molecule is CC(C)C[N+]1(CC(C)C)CCCC1. The van der Waals surface area contributed by atoms with Gasteiger partial charge < -0.3 is 4.48 Å². The molecule has 0 atom stereocenters. The van der Waals surface area contributed by atoms with Crippen LogP contribution in [0.4, 0.5) is 0 Å². The Kier molecular flexibility index (Phi) is 3.78. The average Bonchev–Trinajstić information content (AvgIpc) is 2.33. The molecule has 0 unspecified atom stereocenters. The molecule has 0 aliphatic carbocycles. The zero-order valence-corrected chi connectivity index (χ0v) is 9.84. The van der Waals surface area contributed by atoms with Gasteiger partial charge in [0, 0.05) is 24.7 Å². The van der Waals surface area contributed by atoms with E-state index in [4.69, 9.17) is 0 Å². The molecular formula is C12H26N+. The molecule has 78 valence electrons. The molecule has 1 fully saturated rings. The monoisotopic (exact) mass is 184 g/mol. The summed E-state index contributed by atoms with van der Waals surface area (Å²) in [6, 6.07) is 0. The minimum atomic E-state index is 0.858. The van der Waals surface area contributed by atoms with Gasteiger partial charge in [0.2, 0.25) is 0 Å². The highest BCUT2D eigenvalue weighted by Crippen LogP contribution is 2.23. The van der Waals surface area contributed by atoms with E-state index < -0.39 is 0 Å². The van der Waals surface area contributed by atoms with E-state index in [9.17, 15) is 0 Å². The Morgan fingerprint density at radius 2 is 1.23 bits per heavy atom. The lowest BCUT2D eigenvalue weighted by molar-refractivity contribution is -0.922. The molecule has 0 N–H and O–H groups in total. The summed E-state index contributed by atoms with van der Waals surface area (Å²) in [5.41, 5.74) is 0. The number of likely N-dealkylation sites (tertiary alicyclic amines) is 1. The van der Waals surface area contributed by atoms with Gasteiger partial charge in [-0.05, 0) is 0 Å². The first-order valence-electron chi connectivity index (χ1n) is 5.89. The molecular weight excluding hydrogens is 158 g/mol. The fourth-order valence-electron chi connectivity index (χ4n) is 3.00. The van der Waals surface area contributed by atoms with Crippen LogP contribution in [0, 0.1) is 11.8 Å². The molecule has 1 rings (SSSR count). The smallest absolute Gasteiger partial charge is 0.0809 e. The van der Waals surface area contributed by atoms with Crippen molar-refractivity contribution >= 4 is 0 Å². The zero-order valence-electron chi connectivity index (χ0n) is 9.84. The number of hydrogen-bond acceptors (Lipinski definition) is 0. The molecule has 1 nitrogen and oxygen atoms in total. The van der Waals surface area contributed by atoms with Gasteiger partial charge in [-0.15, -0.1) is 0 Å². The molecule has 1 aliphatic rings. The standard InChI is InChI=1S/C12H26N/c1-11(2)9-13(10-12(3)4)7-5-6-8-13/h11-12H,5-10H2,1-4H3/q+1. The van der Waals surface area contributed by atoms with Crippen molar-refractivity contribution in [2.45, 2.75) is 40.5 Å². The van der Waals surface area contributed by atoms with Gasteiger partial charge in [-0.2, -0.15) is 0 Å². The topological polar surface area (TPSA) is 0 Å². The van der Waals surface area contributed by atoms with Crippen LogP contribution in [0.15, 0.2) is 0 Å². The van der Waals surface area contributed by atoms with Crippen molar-refractivity contribution in [3.8, 4) is 0 Å². The summed E-state index contributed by atoms with van der Waals surface area (Å²) in [6.45, 7) is 15.1. The van der Waals surface area contributed by atoms with Crippen LogP contribution in [0.2, 0.25) is 0 Å². The lowest BCUT2D eigenvalue weighted by Crippen LogP contribution is -2.49. The Hall–Kier alpha value is -0.0400. The van der Waals surface area contributed by atoms with Gasteiger partial charge >= 0.3 is 0 Å². The van der Waals surface area contributed by atoms with Gasteiger partial charge in [-0.25, -0.2) is 0 Å². The molecule has 1 saturated heterocycles. The van der Waals surface area contributed by atoms with Crippen LogP contribution in [0.5, 0.6) is 0 Å². The summed E-state index contributed by atoms with van der Waals surface area (Å²) >= 11 is 0. The molecule has 0 radical (unpaired) electrons. The Bertz CT molecular complexity index is 131. The Morgan fingerprint density at radius 1 is 0.846 bits per heavy atom. The first kappa shape index (κ1) is 11.0. The maximum absolute atomic E-state index is 2.36. The summed E-state index contributed by atoms with van der Waals surface area (Å²) in [4.78, 5) is 0. The summed E-state index contributed by atoms with van der Waals surface area (Å²) in [5, 5.41) is 0. The Morgan fingerprint density at radius 3 is 1.54 bits per heavy atom. The third-order valence-electron chi connectivity index (χ3n) is 3.02. The summed E-state index contributed by atoms with van der Waals surface area (Å²) < 4.78 is 1.41. The van der Waals surface area contributed by atoms with Crippen molar-refractivity contribution in [2.75, 3.05) is 26.2 Å². The van der Waals surface area contributed by atoms with Gasteiger partial charge in [-0.1, -0.05) is 27.7 Å². The van der Waals surface area contributed by atoms with Crippen molar-refractivity contribution < 1.29 is 4.48 Å². The lowest BCUT2D eigenvalue weighted by Gasteiger charge is -2.37. The van der Waals surface area contributed by atoms with Gasteiger partial charge in [0.15, 0.2) is 0 Å². The van der Waals surface area contributed by atoms with Crippen molar-refractivity contribution in [1.29, 1.82) is 0 Å². The average molecular weight is 184 g/mol. The summed E-state index contributed by atoms with van der Waals surface area (Å²) in [5.74, 6) is 1.72. The van der Waals surface area contributed by atoms with E-state index >= 15 is 0 Å². The van der Waals surface area contributed by atoms with Crippen molar-refractivity contribution in [1.82, 2.24) is 0 Å². The predicted molar refractivity (Wildman–Crippen MR) is 58.6 cm³/mol. The van der Waals surface area contributed by atoms with Crippen LogP contribution < -0.4 is 0 Å². The van der Waals surface area contributed by atoms with Crippen LogP contribution >= 0.6 is 0 Å². The number of nitrogens with zero attached hydrogens (tertiary/aromatic N) is 1. The highest BCUT2D eigenvalue weighted by Gasteiger charge is 2.32. The van der Waals surface area contributed by atoms with E-state index in [1.165, 1.54) is 43.5 Å². The quantitative estimate of drug-likeness (QED) is 0.589. The maximum Gasteiger partial charge on any atom is 0.0809 e. The largest absolute Gasteiger partial charge is 0.323 e. The number of hydrogen-bond donors (Lipinski definition) is 0. The number of rotatable bonds is 4. The second kappa shape index (κ2) is 4.45. The minimum Gasteiger partial charge on any atom is -0.323 e. The zero-order chi connectivity index (χ0) is 9.90. The second-order valence-electron chi connectivity index (χ2n) is 5.65. The normalized spacial score (nSPS) is 21.7. The molecule has 1 heterocycles. The third kappa shape index (κ3) is 3.30. The molecule has 1 aliphatic heterocycles. The van der Waals surface area contributed by atoms with E-state index in [0.29, 0.717) is 0 Å². The van der Waals surface area contributed by atoms with E-state index in [2.05, 4.69) is 27.7 Å². The maximum atomic E-state index is 2.36. The first-order valence-corrected chi connectivity index (χ1v) is 5.89. The van der Waals surface area contributed by atoms with E-state index in [1.54, 1.807) is 0 Å². The first-order chi connectivity index (χ1) is 6.04. The fourth-order valence-corrected chi connectivity index (χ4v) is 3.00. The summed E-state index contributed by atoms with van der Waals surface area (Å²) in [6.07, 6.45) is 2.92. The molecule has 0 aromatic heterocycles. The van der Waals surface area contributed by atoms with E-state index in [1.807, 2.05) is 0 Å². The van der Waals surface area contributed by atoms with E-state index in [-0.39, 0.29) is 0 Å². The fraction of sp³-hybridized carbons (Fsp3) is 1.00. The van der Waals surface area contributed by atoms with Crippen LogP contribution in [0.25, 0.3) is 0 Å². The minimum absolute atomic E-state index is 0.858. The summed E-state index contributed by atoms with van der Waals surface area (Å²) in [7, 11) is 0. The molecule has 1 heteroatoms. The van der Waals surface area contributed by atoms with Crippen LogP contribution in [0.3, 0.4) is 0 Å². The van der Waals surface area contributed by atoms with Gasteiger partial charge in [0.25, 0.3) is 0 Å². The second-order valence-corrected chi connectivity index (χ2v) is 5.65. The number of quaternary nitrogens is 1. The molecule has 0 bridgehead atoms. The third-order valence-corrected chi connectivity index (χ3v) is 3.02. The van der Waals surface area contributed by atoms with Gasteiger partial charge in [0.05, 0.1) is 26.2 Å². The lowest BCUT2D eigenvalue weighted by atomic mass is 10.1. The van der Waals surface area contributed by atoms with Crippen LogP contribution in [0.1, 0.15) is 40.5 Å². The molecule has 0 spiro atoms. The molecule has 0 amide bonds.